The molecule has 0 aliphatic carbocycles. The van der Waals surface area contributed by atoms with Gasteiger partial charge in [0.1, 0.15) is 0 Å². The van der Waals surface area contributed by atoms with Crippen LogP contribution in [0.3, 0.4) is 0 Å². The molecule has 2 heterocycles. The fourth-order valence-electron chi connectivity index (χ4n) is 2.52. The Morgan fingerprint density at radius 1 is 1.12 bits per heavy atom. The molecule has 0 saturated carbocycles. The molecular weight excluding hydrogens is 212 g/mol. The second-order valence-corrected chi connectivity index (χ2v) is 4.68. The van der Waals surface area contributed by atoms with Crippen LogP contribution in [0.2, 0.25) is 0 Å². The Kier molecular flexibility index (Phi) is 2.57. The summed E-state index contributed by atoms with van der Waals surface area (Å²) in [5, 5.41) is 2.37. The maximum absolute atomic E-state index is 6.53. The van der Waals surface area contributed by atoms with Crippen molar-refractivity contribution in [2.45, 2.75) is 18.4 Å². The fourth-order valence-corrected chi connectivity index (χ4v) is 2.52. The quantitative estimate of drug-likeness (QED) is 0.814. The molecule has 0 radical (unpaired) electrons. The van der Waals surface area contributed by atoms with E-state index in [0.29, 0.717) is 0 Å². The Morgan fingerprint density at radius 3 is 2.71 bits per heavy atom. The number of ether oxygens (including phenoxy) is 1. The van der Waals surface area contributed by atoms with Gasteiger partial charge in [-0.1, -0.05) is 24.3 Å². The van der Waals surface area contributed by atoms with Crippen molar-refractivity contribution < 1.29 is 4.74 Å². The molecule has 1 aliphatic rings. The van der Waals surface area contributed by atoms with Crippen molar-refractivity contribution in [1.29, 1.82) is 0 Å². The van der Waals surface area contributed by atoms with Crippen LogP contribution in [0.4, 0.5) is 0 Å². The molecule has 1 aromatic heterocycles. The van der Waals surface area contributed by atoms with E-state index in [1.165, 1.54) is 5.39 Å². The number of hydrogen-bond donors (Lipinski definition) is 1. The molecule has 2 N–H and O–H groups in total. The second-order valence-electron chi connectivity index (χ2n) is 4.68. The molecular formula is C14H16N2O. The van der Waals surface area contributed by atoms with Crippen molar-refractivity contribution in [2.24, 2.45) is 5.73 Å². The zero-order valence-corrected chi connectivity index (χ0v) is 9.73. The van der Waals surface area contributed by atoms with Gasteiger partial charge in [0.15, 0.2) is 0 Å². The van der Waals surface area contributed by atoms with Gasteiger partial charge in [-0.15, -0.1) is 0 Å². The van der Waals surface area contributed by atoms with Crippen LogP contribution in [-0.4, -0.2) is 18.2 Å². The zero-order chi connectivity index (χ0) is 11.7. The molecule has 0 spiro atoms. The fraction of sp³-hybridized carbons (Fsp3) is 0.357. The molecule has 88 valence electrons. The summed E-state index contributed by atoms with van der Waals surface area (Å²) in [6, 6.07) is 8.28. The highest BCUT2D eigenvalue weighted by molar-refractivity contribution is 5.85. The Labute approximate surface area is 101 Å². The summed E-state index contributed by atoms with van der Waals surface area (Å²) in [6.07, 6.45) is 5.53. The molecule has 0 amide bonds. The van der Waals surface area contributed by atoms with Gasteiger partial charge >= 0.3 is 0 Å². The van der Waals surface area contributed by atoms with Crippen LogP contribution in [0.15, 0.2) is 36.7 Å². The third kappa shape index (κ3) is 1.81. The highest BCUT2D eigenvalue weighted by Gasteiger charge is 2.31. The molecule has 1 fully saturated rings. The van der Waals surface area contributed by atoms with Gasteiger partial charge in [0.25, 0.3) is 0 Å². The highest BCUT2D eigenvalue weighted by atomic mass is 16.5. The summed E-state index contributed by atoms with van der Waals surface area (Å²) in [4.78, 5) is 4.31. The van der Waals surface area contributed by atoms with E-state index in [0.717, 1.165) is 37.0 Å². The Morgan fingerprint density at radius 2 is 1.88 bits per heavy atom. The molecule has 1 aliphatic heterocycles. The van der Waals surface area contributed by atoms with Crippen LogP contribution in [-0.2, 0) is 10.3 Å². The summed E-state index contributed by atoms with van der Waals surface area (Å²) in [6.45, 7) is 1.47. The molecule has 1 saturated heterocycles. The summed E-state index contributed by atoms with van der Waals surface area (Å²) in [5.41, 5.74) is 7.39. The molecule has 0 unspecified atom stereocenters. The monoisotopic (exact) mass is 228 g/mol. The van der Waals surface area contributed by atoms with E-state index in [9.17, 15) is 0 Å². The third-order valence-corrected chi connectivity index (χ3v) is 3.59. The number of nitrogens with two attached hydrogens (primary N) is 1. The molecule has 3 nitrogen and oxygen atoms in total. The first-order valence-electron chi connectivity index (χ1n) is 5.99. The van der Waals surface area contributed by atoms with E-state index in [2.05, 4.69) is 23.2 Å². The van der Waals surface area contributed by atoms with Crippen molar-refractivity contribution in [3.05, 3.63) is 42.2 Å². The van der Waals surface area contributed by atoms with Gasteiger partial charge in [-0.3, -0.25) is 4.98 Å². The average molecular weight is 228 g/mol. The van der Waals surface area contributed by atoms with Crippen molar-refractivity contribution in [3.63, 3.8) is 0 Å². The number of pyridine rings is 1. The summed E-state index contributed by atoms with van der Waals surface area (Å²) < 4.78 is 5.40. The predicted molar refractivity (Wildman–Crippen MR) is 67.7 cm³/mol. The number of hydrogen-bond acceptors (Lipinski definition) is 3. The van der Waals surface area contributed by atoms with Crippen LogP contribution >= 0.6 is 0 Å². The lowest BCUT2D eigenvalue weighted by Gasteiger charge is -2.34. The van der Waals surface area contributed by atoms with E-state index in [1.807, 2.05) is 18.5 Å². The average Bonchev–Trinajstić information content (AvgIpc) is 2.39. The van der Waals surface area contributed by atoms with Gasteiger partial charge < -0.3 is 10.5 Å². The van der Waals surface area contributed by atoms with Crippen molar-refractivity contribution >= 4 is 10.8 Å². The van der Waals surface area contributed by atoms with Crippen LogP contribution < -0.4 is 5.73 Å². The number of fused-ring (bicyclic) bond motifs is 1. The number of rotatable bonds is 1. The third-order valence-electron chi connectivity index (χ3n) is 3.59. The molecule has 3 heteroatoms. The minimum absolute atomic E-state index is 0.286. The summed E-state index contributed by atoms with van der Waals surface area (Å²) >= 11 is 0. The molecule has 0 bridgehead atoms. The second kappa shape index (κ2) is 4.09. The minimum Gasteiger partial charge on any atom is -0.381 e. The van der Waals surface area contributed by atoms with Crippen molar-refractivity contribution in [3.8, 4) is 0 Å². The summed E-state index contributed by atoms with van der Waals surface area (Å²) in [7, 11) is 0. The van der Waals surface area contributed by atoms with Gasteiger partial charge in [-0.05, 0) is 23.8 Å². The lowest BCUT2D eigenvalue weighted by Crippen LogP contribution is -2.42. The molecule has 2 aromatic rings. The van der Waals surface area contributed by atoms with Crippen LogP contribution in [0.25, 0.3) is 10.8 Å². The van der Waals surface area contributed by atoms with Crippen molar-refractivity contribution in [1.82, 2.24) is 4.98 Å². The largest absolute Gasteiger partial charge is 0.381 e. The molecule has 1 aromatic carbocycles. The molecule has 3 rings (SSSR count). The Bertz CT molecular complexity index is 527. The Hall–Kier alpha value is -1.45. The normalized spacial score (nSPS) is 19.4. The van der Waals surface area contributed by atoms with Gasteiger partial charge in [0.2, 0.25) is 0 Å². The zero-order valence-electron chi connectivity index (χ0n) is 9.73. The number of benzene rings is 1. The van der Waals surface area contributed by atoms with Gasteiger partial charge in [-0.2, -0.15) is 0 Å². The van der Waals surface area contributed by atoms with Gasteiger partial charge in [-0.25, -0.2) is 0 Å². The first-order valence-corrected chi connectivity index (χ1v) is 5.99. The van der Waals surface area contributed by atoms with Crippen molar-refractivity contribution in [2.75, 3.05) is 13.2 Å². The smallest absolute Gasteiger partial charge is 0.0486 e. The van der Waals surface area contributed by atoms with Crippen LogP contribution in [0.5, 0.6) is 0 Å². The molecule has 17 heavy (non-hydrogen) atoms. The maximum atomic E-state index is 6.53. The highest BCUT2D eigenvalue weighted by Crippen LogP contribution is 2.33. The topological polar surface area (TPSA) is 48.1 Å². The van der Waals surface area contributed by atoms with E-state index in [1.54, 1.807) is 0 Å². The lowest BCUT2D eigenvalue weighted by molar-refractivity contribution is 0.0526. The summed E-state index contributed by atoms with van der Waals surface area (Å²) in [5.74, 6) is 0. The van der Waals surface area contributed by atoms with E-state index in [-0.39, 0.29) is 5.54 Å². The number of nitrogens with zero attached hydrogens (tertiary/aromatic N) is 1. The SMILES string of the molecule is NC1(c2cncc3ccccc23)CCOCC1. The lowest BCUT2D eigenvalue weighted by atomic mass is 9.82. The van der Waals surface area contributed by atoms with E-state index >= 15 is 0 Å². The number of aromatic nitrogens is 1. The predicted octanol–water partition coefficient (Wildman–Crippen LogP) is 2.20. The first kappa shape index (κ1) is 10.7. The standard InChI is InChI=1S/C14H16N2O/c15-14(5-7-17-8-6-14)13-10-16-9-11-3-1-2-4-12(11)13/h1-4,9-10H,5-8,15H2. The van der Waals surface area contributed by atoms with Gasteiger partial charge in [0, 0.05) is 36.5 Å². The van der Waals surface area contributed by atoms with E-state index in [4.69, 9.17) is 10.5 Å². The van der Waals surface area contributed by atoms with E-state index < -0.39 is 0 Å². The first-order chi connectivity index (χ1) is 8.30. The molecule has 0 atom stereocenters. The Balaban J connectivity index is 2.16. The maximum Gasteiger partial charge on any atom is 0.0486 e. The van der Waals surface area contributed by atoms with Crippen LogP contribution in [0.1, 0.15) is 18.4 Å². The van der Waals surface area contributed by atoms with Crippen LogP contribution in [0, 0.1) is 0 Å². The van der Waals surface area contributed by atoms with Gasteiger partial charge in [0.05, 0.1) is 0 Å². The minimum atomic E-state index is -0.286.